The number of anilines is 1. The van der Waals surface area contributed by atoms with Crippen LogP contribution in [0.1, 0.15) is 37.0 Å². The lowest BCUT2D eigenvalue weighted by Gasteiger charge is -2.33. The van der Waals surface area contributed by atoms with Gasteiger partial charge >= 0.3 is 0 Å². The Morgan fingerprint density at radius 1 is 0.842 bits per heavy atom. The van der Waals surface area contributed by atoms with Gasteiger partial charge in [0.25, 0.3) is 10.0 Å². The number of nitrogens with one attached hydrogen (secondary N) is 1. The van der Waals surface area contributed by atoms with Gasteiger partial charge < -0.3 is 10.2 Å². The predicted octanol–water partition coefficient (Wildman–Crippen LogP) is 4.48. The number of likely N-dealkylation sites (N-methyl/N-ethyl adjacent to an activating group) is 1. The Hall–Kier alpha value is -3.65. The lowest BCUT2D eigenvalue weighted by molar-refractivity contribution is -0.139. The number of hydrogen-bond donors (Lipinski definition) is 1. The van der Waals surface area contributed by atoms with Gasteiger partial charge in [-0.05, 0) is 63.4 Å². The molecule has 0 saturated heterocycles. The Morgan fingerprint density at radius 2 is 1.42 bits per heavy atom. The molecule has 3 rings (SSSR count). The van der Waals surface area contributed by atoms with Crippen molar-refractivity contribution in [2.24, 2.45) is 0 Å². The highest BCUT2D eigenvalue weighted by atomic mass is 32.2. The number of benzene rings is 3. The fourth-order valence-corrected chi connectivity index (χ4v) is 5.68. The minimum Gasteiger partial charge on any atom is -0.355 e. The van der Waals surface area contributed by atoms with Crippen molar-refractivity contribution in [2.75, 3.05) is 23.9 Å². The molecule has 0 aromatic heterocycles. The Labute approximate surface area is 226 Å². The van der Waals surface area contributed by atoms with E-state index in [1.807, 2.05) is 70.2 Å². The van der Waals surface area contributed by atoms with Gasteiger partial charge in [0, 0.05) is 13.1 Å². The number of amides is 2. The zero-order valence-corrected chi connectivity index (χ0v) is 23.4. The highest BCUT2D eigenvalue weighted by molar-refractivity contribution is 7.92. The minimum absolute atomic E-state index is 0.100. The average Bonchev–Trinajstić information content (AvgIpc) is 2.91. The number of hydrogen-bond acceptors (Lipinski definition) is 4. The highest BCUT2D eigenvalue weighted by Crippen LogP contribution is 2.25. The standard InChI is InChI=1S/C30H37N3O4S/c1-5-28(30(35)31-6-2)32(21-20-25-10-8-7-9-11-25)29(34)22-33(26-16-12-23(3)13-17-26)38(36,37)27-18-14-24(4)15-19-27/h7-19,28H,5-6,20-22H2,1-4H3,(H,31,35). The Morgan fingerprint density at radius 3 is 1.97 bits per heavy atom. The minimum atomic E-state index is -4.06. The van der Waals surface area contributed by atoms with Crippen LogP contribution >= 0.6 is 0 Å². The van der Waals surface area contributed by atoms with Crippen LogP contribution in [-0.2, 0) is 26.0 Å². The molecule has 1 atom stereocenters. The molecule has 1 unspecified atom stereocenters. The Kier molecular flexibility index (Phi) is 10.1. The summed E-state index contributed by atoms with van der Waals surface area (Å²) in [6.07, 6.45) is 0.944. The van der Waals surface area contributed by atoms with Crippen molar-refractivity contribution in [2.45, 2.75) is 51.5 Å². The molecule has 0 fully saturated rings. The first-order valence-corrected chi connectivity index (χ1v) is 14.4. The summed E-state index contributed by atoms with van der Waals surface area (Å²) < 4.78 is 28.8. The maximum absolute atomic E-state index is 13.9. The van der Waals surface area contributed by atoms with Crippen LogP contribution in [-0.4, -0.2) is 50.8 Å². The molecule has 0 bridgehead atoms. The van der Waals surface area contributed by atoms with E-state index in [0.29, 0.717) is 25.1 Å². The molecule has 0 radical (unpaired) electrons. The van der Waals surface area contributed by atoms with E-state index in [4.69, 9.17) is 0 Å². The van der Waals surface area contributed by atoms with Crippen molar-refractivity contribution in [1.82, 2.24) is 10.2 Å². The lowest BCUT2D eigenvalue weighted by atomic mass is 10.1. The second kappa shape index (κ2) is 13.2. The summed E-state index contributed by atoms with van der Waals surface area (Å²) in [6.45, 7) is 7.77. The molecule has 2 amide bonds. The number of aryl methyl sites for hydroxylation is 2. The van der Waals surface area contributed by atoms with Crippen LogP contribution in [0.5, 0.6) is 0 Å². The molecule has 0 saturated carbocycles. The maximum atomic E-state index is 13.9. The third-order valence-corrected chi connectivity index (χ3v) is 8.22. The van der Waals surface area contributed by atoms with Crippen LogP contribution in [0.2, 0.25) is 0 Å². The first-order valence-electron chi connectivity index (χ1n) is 12.9. The van der Waals surface area contributed by atoms with Crippen molar-refractivity contribution in [3.63, 3.8) is 0 Å². The van der Waals surface area contributed by atoms with E-state index in [0.717, 1.165) is 21.0 Å². The molecule has 0 heterocycles. The van der Waals surface area contributed by atoms with Crippen molar-refractivity contribution < 1.29 is 18.0 Å². The number of rotatable bonds is 12. The Bertz CT molecular complexity index is 1310. The van der Waals surface area contributed by atoms with Crippen molar-refractivity contribution in [3.8, 4) is 0 Å². The van der Waals surface area contributed by atoms with E-state index in [-0.39, 0.29) is 17.3 Å². The number of carbonyl (C=O) groups is 2. The van der Waals surface area contributed by atoms with Gasteiger partial charge in [-0.3, -0.25) is 13.9 Å². The molecule has 38 heavy (non-hydrogen) atoms. The highest BCUT2D eigenvalue weighted by Gasteiger charge is 2.33. The zero-order valence-electron chi connectivity index (χ0n) is 22.6. The molecule has 1 N–H and O–H groups in total. The van der Waals surface area contributed by atoms with Crippen molar-refractivity contribution in [1.29, 1.82) is 0 Å². The topological polar surface area (TPSA) is 86.8 Å². The van der Waals surface area contributed by atoms with Gasteiger partial charge in [-0.1, -0.05) is 72.6 Å². The molecule has 3 aromatic rings. The summed E-state index contributed by atoms with van der Waals surface area (Å²) >= 11 is 0. The largest absolute Gasteiger partial charge is 0.355 e. The second-order valence-electron chi connectivity index (χ2n) is 9.30. The summed E-state index contributed by atoms with van der Waals surface area (Å²) in [4.78, 5) is 28.5. The molecule has 3 aromatic carbocycles. The van der Waals surface area contributed by atoms with Gasteiger partial charge in [0.2, 0.25) is 11.8 Å². The molecule has 8 heteroatoms. The van der Waals surface area contributed by atoms with Crippen LogP contribution in [0.4, 0.5) is 5.69 Å². The van der Waals surface area contributed by atoms with Crippen LogP contribution in [0.3, 0.4) is 0 Å². The molecular weight excluding hydrogens is 498 g/mol. The van der Waals surface area contributed by atoms with E-state index in [2.05, 4.69) is 5.32 Å². The second-order valence-corrected chi connectivity index (χ2v) is 11.2. The van der Waals surface area contributed by atoms with E-state index in [1.54, 1.807) is 36.4 Å². The van der Waals surface area contributed by atoms with Gasteiger partial charge in [0.15, 0.2) is 0 Å². The Balaban J connectivity index is 1.99. The van der Waals surface area contributed by atoms with Gasteiger partial charge in [-0.15, -0.1) is 0 Å². The van der Waals surface area contributed by atoms with Gasteiger partial charge in [0.05, 0.1) is 10.6 Å². The van der Waals surface area contributed by atoms with Crippen LogP contribution in [0.15, 0.2) is 83.8 Å². The summed E-state index contributed by atoms with van der Waals surface area (Å²) in [6, 6.07) is 22.6. The fourth-order valence-electron chi connectivity index (χ4n) is 4.27. The predicted molar refractivity (Wildman–Crippen MR) is 152 cm³/mol. The third kappa shape index (κ3) is 7.22. The summed E-state index contributed by atoms with van der Waals surface area (Å²) in [5, 5.41) is 2.82. The number of sulfonamides is 1. The van der Waals surface area contributed by atoms with Crippen LogP contribution < -0.4 is 9.62 Å². The molecule has 7 nitrogen and oxygen atoms in total. The fraction of sp³-hybridized carbons (Fsp3) is 0.333. The molecule has 0 aliphatic heterocycles. The SMILES string of the molecule is CCNC(=O)C(CC)N(CCc1ccccc1)C(=O)CN(c1ccc(C)cc1)S(=O)(=O)c1ccc(C)cc1. The van der Waals surface area contributed by atoms with E-state index >= 15 is 0 Å². The van der Waals surface area contributed by atoms with Crippen molar-refractivity contribution >= 4 is 27.5 Å². The molecule has 202 valence electrons. The maximum Gasteiger partial charge on any atom is 0.264 e. The summed E-state index contributed by atoms with van der Waals surface area (Å²) in [7, 11) is -4.06. The summed E-state index contributed by atoms with van der Waals surface area (Å²) in [5.74, 6) is -0.685. The summed E-state index contributed by atoms with van der Waals surface area (Å²) in [5.41, 5.74) is 3.32. The lowest BCUT2D eigenvalue weighted by Crippen LogP contribution is -2.53. The zero-order chi connectivity index (χ0) is 27.7. The first-order chi connectivity index (χ1) is 18.2. The molecule has 0 aliphatic carbocycles. The molecule has 0 aliphatic rings. The average molecular weight is 536 g/mol. The monoisotopic (exact) mass is 535 g/mol. The smallest absolute Gasteiger partial charge is 0.264 e. The number of nitrogens with zero attached hydrogens (tertiary/aromatic N) is 2. The van der Waals surface area contributed by atoms with Gasteiger partial charge in [-0.2, -0.15) is 0 Å². The third-order valence-electron chi connectivity index (χ3n) is 6.43. The van der Waals surface area contributed by atoms with E-state index in [9.17, 15) is 18.0 Å². The molecular formula is C30H37N3O4S. The van der Waals surface area contributed by atoms with Gasteiger partial charge in [-0.25, -0.2) is 8.42 Å². The normalized spacial score (nSPS) is 12.0. The van der Waals surface area contributed by atoms with Crippen molar-refractivity contribution in [3.05, 3.63) is 95.6 Å². The molecule has 0 spiro atoms. The quantitative estimate of drug-likeness (QED) is 0.370. The van der Waals surface area contributed by atoms with E-state index in [1.165, 1.54) is 4.90 Å². The first kappa shape index (κ1) is 28.9. The van der Waals surface area contributed by atoms with Crippen LogP contribution in [0, 0.1) is 13.8 Å². The van der Waals surface area contributed by atoms with Gasteiger partial charge in [0.1, 0.15) is 12.6 Å². The van der Waals surface area contributed by atoms with Crippen LogP contribution in [0.25, 0.3) is 0 Å². The number of carbonyl (C=O) groups excluding carboxylic acids is 2. The van der Waals surface area contributed by atoms with E-state index < -0.39 is 28.5 Å².